The zero-order chi connectivity index (χ0) is 18.4. The van der Waals surface area contributed by atoms with Crippen LogP contribution in [0.1, 0.15) is 5.56 Å². The van der Waals surface area contributed by atoms with Crippen LogP contribution >= 0.6 is 11.3 Å². The van der Waals surface area contributed by atoms with Crippen LogP contribution in [0.25, 0.3) is 11.3 Å². The number of benzene rings is 1. The minimum atomic E-state index is 0.0636. The van der Waals surface area contributed by atoms with E-state index in [1.54, 1.807) is 17.3 Å². The average Bonchev–Trinajstić information content (AvgIpc) is 3.13. The molecule has 5 nitrogen and oxygen atoms in total. The molecule has 134 valence electrons. The van der Waals surface area contributed by atoms with Gasteiger partial charge >= 0.3 is 0 Å². The first kappa shape index (κ1) is 18.2. The number of nitrogens with zero attached hydrogens (tertiary/aromatic N) is 4. The van der Waals surface area contributed by atoms with Crippen LogP contribution in [0.4, 0.5) is 5.13 Å². The Kier molecular flexibility index (Phi) is 6.09. The van der Waals surface area contributed by atoms with Crippen LogP contribution in [-0.2, 0) is 11.2 Å². The molecule has 0 saturated heterocycles. The summed E-state index contributed by atoms with van der Waals surface area (Å²) in [5.41, 5.74) is 2.89. The predicted molar refractivity (Wildman–Crippen MR) is 106 cm³/mol. The van der Waals surface area contributed by atoms with Crippen LogP contribution in [0.2, 0.25) is 0 Å². The second-order valence-corrected chi connectivity index (χ2v) is 7.10. The van der Waals surface area contributed by atoms with Gasteiger partial charge in [-0.1, -0.05) is 30.3 Å². The van der Waals surface area contributed by atoms with E-state index >= 15 is 0 Å². The lowest BCUT2D eigenvalue weighted by atomic mass is 10.1. The van der Waals surface area contributed by atoms with Crippen molar-refractivity contribution in [1.82, 2.24) is 14.9 Å². The molecular formula is C20H22N4OS. The van der Waals surface area contributed by atoms with Crippen molar-refractivity contribution < 1.29 is 4.79 Å². The quantitative estimate of drug-likeness (QED) is 0.643. The Morgan fingerprint density at radius 1 is 1.04 bits per heavy atom. The van der Waals surface area contributed by atoms with Crippen molar-refractivity contribution in [3.63, 3.8) is 0 Å². The molecule has 2 aromatic heterocycles. The Morgan fingerprint density at radius 3 is 2.46 bits per heavy atom. The summed E-state index contributed by atoms with van der Waals surface area (Å²) in [6, 6.07) is 13.7. The van der Waals surface area contributed by atoms with E-state index in [9.17, 15) is 4.79 Å². The number of carbonyl (C=O) groups excluding carboxylic acids is 1. The van der Waals surface area contributed by atoms with Gasteiger partial charge in [-0.05, 0) is 31.8 Å². The number of pyridine rings is 1. The maximum absolute atomic E-state index is 12.9. The first-order valence-electron chi connectivity index (χ1n) is 8.48. The van der Waals surface area contributed by atoms with Gasteiger partial charge in [0.1, 0.15) is 0 Å². The Labute approximate surface area is 157 Å². The zero-order valence-corrected chi connectivity index (χ0v) is 15.8. The maximum atomic E-state index is 12.9. The Hall–Kier alpha value is -2.57. The molecule has 3 rings (SSSR count). The standard InChI is InChI=1S/C20H22N4OS/c1-23(2)12-13-24(19(25)14-16-6-4-3-5-7-16)20-22-18(15-26-20)17-8-10-21-11-9-17/h3-11,15H,12-14H2,1-2H3. The van der Waals surface area contributed by atoms with E-state index in [0.717, 1.165) is 28.5 Å². The molecule has 1 aromatic carbocycles. The third-order valence-electron chi connectivity index (χ3n) is 3.97. The molecule has 0 saturated carbocycles. The molecule has 0 N–H and O–H groups in total. The van der Waals surface area contributed by atoms with Crippen LogP contribution < -0.4 is 4.90 Å². The number of hydrogen-bond acceptors (Lipinski definition) is 5. The summed E-state index contributed by atoms with van der Waals surface area (Å²) < 4.78 is 0. The van der Waals surface area contributed by atoms with Gasteiger partial charge in [0, 0.05) is 36.4 Å². The van der Waals surface area contributed by atoms with Gasteiger partial charge in [-0.3, -0.25) is 14.7 Å². The van der Waals surface area contributed by atoms with Gasteiger partial charge in [-0.25, -0.2) is 4.98 Å². The van der Waals surface area contributed by atoms with Gasteiger partial charge in [0.2, 0.25) is 5.91 Å². The van der Waals surface area contributed by atoms with Gasteiger partial charge in [0.25, 0.3) is 0 Å². The van der Waals surface area contributed by atoms with Crippen molar-refractivity contribution >= 4 is 22.4 Å². The molecule has 6 heteroatoms. The van der Waals surface area contributed by atoms with Gasteiger partial charge in [0.05, 0.1) is 12.1 Å². The SMILES string of the molecule is CN(C)CCN(C(=O)Cc1ccccc1)c1nc(-c2ccncc2)cs1. The lowest BCUT2D eigenvalue weighted by molar-refractivity contribution is -0.118. The van der Waals surface area contributed by atoms with Gasteiger partial charge in [-0.15, -0.1) is 11.3 Å². The summed E-state index contributed by atoms with van der Waals surface area (Å²) >= 11 is 1.50. The Bertz CT molecular complexity index is 833. The highest BCUT2D eigenvalue weighted by molar-refractivity contribution is 7.14. The normalized spacial score (nSPS) is 10.9. The monoisotopic (exact) mass is 366 g/mol. The third-order valence-corrected chi connectivity index (χ3v) is 4.83. The smallest absolute Gasteiger partial charge is 0.233 e. The molecule has 2 heterocycles. The summed E-state index contributed by atoms with van der Waals surface area (Å²) in [6.07, 6.45) is 3.87. The molecular weight excluding hydrogens is 344 g/mol. The highest BCUT2D eigenvalue weighted by Gasteiger charge is 2.20. The lowest BCUT2D eigenvalue weighted by Gasteiger charge is -2.22. The van der Waals surface area contributed by atoms with Gasteiger partial charge < -0.3 is 4.90 Å². The van der Waals surface area contributed by atoms with Crippen LogP contribution in [0.5, 0.6) is 0 Å². The predicted octanol–water partition coefficient (Wildman–Crippen LogP) is 3.34. The molecule has 0 bridgehead atoms. The van der Waals surface area contributed by atoms with Crippen LogP contribution in [0.15, 0.2) is 60.2 Å². The van der Waals surface area contributed by atoms with Crippen molar-refractivity contribution in [2.24, 2.45) is 0 Å². The summed E-state index contributed by atoms with van der Waals surface area (Å²) in [5, 5.41) is 2.72. The van der Waals surface area contributed by atoms with Gasteiger partial charge in [0.15, 0.2) is 5.13 Å². The minimum Gasteiger partial charge on any atom is -0.308 e. The van der Waals surface area contributed by atoms with Crippen LogP contribution in [-0.4, -0.2) is 48.0 Å². The largest absolute Gasteiger partial charge is 0.308 e. The van der Waals surface area contributed by atoms with E-state index in [1.165, 1.54) is 11.3 Å². The first-order valence-corrected chi connectivity index (χ1v) is 9.36. The fourth-order valence-electron chi connectivity index (χ4n) is 2.54. The number of amides is 1. The molecule has 0 radical (unpaired) electrons. The minimum absolute atomic E-state index is 0.0636. The number of rotatable bonds is 7. The molecule has 26 heavy (non-hydrogen) atoms. The molecule has 0 aliphatic rings. The fraction of sp³-hybridized carbons (Fsp3) is 0.250. The Morgan fingerprint density at radius 2 is 1.77 bits per heavy atom. The summed E-state index contributed by atoms with van der Waals surface area (Å²) in [5.74, 6) is 0.0636. The summed E-state index contributed by atoms with van der Waals surface area (Å²) in [4.78, 5) is 25.5. The first-order chi connectivity index (χ1) is 12.6. The van der Waals surface area contributed by atoms with E-state index in [2.05, 4.69) is 9.88 Å². The third kappa shape index (κ3) is 4.74. The van der Waals surface area contributed by atoms with Crippen LogP contribution in [0, 0.1) is 0 Å². The van der Waals surface area contributed by atoms with E-state index < -0.39 is 0 Å². The molecule has 0 aliphatic heterocycles. The molecule has 0 spiro atoms. The number of thiazole rings is 1. The Balaban J connectivity index is 1.81. The zero-order valence-electron chi connectivity index (χ0n) is 15.0. The molecule has 0 atom stereocenters. The lowest BCUT2D eigenvalue weighted by Crippen LogP contribution is -2.37. The topological polar surface area (TPSA) is 49.3 Å². The van der Waals surface area contributed by atoms with Crippen molar-refractivity contribution in [3.8, 4) is 11.3 Å². The molecule has 3 aromatic rings. The average molecular weight is 366 g/mol. The van der Waals surface area contributed by atoms with Crippen molar-refractivity contribution in [2.75, 3.05) is 32.1 Å². The highest BCUT2D eigenvalue weighted by Crippen LogP contribution is 2.27. The highest BCUT2D eigenvalue weighted by atomic mass is 32.1. The van der Waals surface area contributed by atoms with Crippen molar-refractivity contribution in [2.45, 2.75) is 6.42 Å². The molecule has 0 fully saturated rings. The van der Waals surface area contributed by atoms with E-state index in [4.69, 9.17) is 4.98 Å². The van der Waals surface area contributed by atoms with E-state index in [-0.39, 0.29) is 5.91 Å². The number of likely N-dealkylation sites (N-methyl/N-ethyl adjacent to an activating group) is 1. The van der Waals surface area contributed by atoms with Crippen molar-refractivity contribution in [1.29, 1.82) is 0 Å². The number of aromatic nitrogens is 2. The second-order valence-electron chi connectivity index (χ2n) is 6.26. The summed E-state index contributed by atoms with van der Waals surface area (Å²) in [6.45, 7) is 1.40. The number of hydrogen-bond donors (Lipinski definition) is 0. The van der Waals surface area contributed by atoms with Crippen molar-refractivity contribution in [3.05, 3.63) is 65.8 Å². The second kappa shape index (κ2) is 8.69. The van der Waals surface area contributed by atoms with E-state index in [1.807, 2.05) is 61.9 Å². The molecule has 0 unspecified atom stereocenters. The molecule has 0 aliphatic carbocycles. The van der Waals surface area contributed by atoms with E-state index in [0.29, 0.717) is 13.0 Å². The maximum Gasteiger partial charge on any atom is 0.233 e. The number of anilines is 1. The fourth-order valence-corrected chi connectivity index (χ4v) is 3.41. The summed E-state index contributed by atoms with van der Waals surface area (Å²) in [7, 11) is 4.01. The molecule has 1 amide bonds. The van der Waals surface area contributed by atoms with Gasteiger partial charge in [-0.2, -0.15) is 0 Å². The van der Waals surface area contributed by atoms with Crippen LogP contribution in [0.3, 0.4) is 0 Å². The number of carbonyl (C=O) groups is 1.